The minimum Gasteiger partial charge on any atom is -0.385 e. The summed E-state index contributed by atoms with van der Waals surface area (Å²) in [6, 6.07) is 5.61. The Morgan fingerprint density at radius 1 is 1.38 bits per heavy atom. The van der Waals surface area contributed by atoms with E-state index in [0.29, 0.717) is 31.2 Å². The van der Waals surface area contributed by atoms with Gasteiger partial charge in [-0.1, -0.05) is 0 Å². The molecule has 2 rings (SSSR count). The summed E-state index contributed by atoms with van der Waals surface area (Å²) < 4.78 is 4.97. The van der Waals surface area contributed by atoms with E-state index in [1.54, 1.807) is 31.3 Å². The molecule has 2 aromatic heterocycles. The monoisotopic (exact) mass is 375 g/mol. The highest BCUT2D eigenvalue weighted by Gasteiger charge is 2.12. The number of thioether (sulfide) groups is 1. The zero-order valence-electron chi connectivity index (χ0n) is 15.4. The maximum absolute atomic E-state index is 12.0. The first-order valence-electron chi connectivity index (χ1n) is 8.48. The molecule has 0 bridgehead atoms. The van der Waals surface area contributed by atoms with Crippen LogP contribution in [0.5, 0.6) is 0 Å². The molecule has 0 saturated heterocycles. The second kappa shape index (κ2) is 10.7. The fourth-order valence-electron chi connectivity index (χ4n) is 2.33. The van der Waals surface area contributed by atoms with Crippen molar-refractivity contribution in [2.24, 2.45) is 0 Å². The molecule has 2 heterocycles. The van der Waals surface area contributed by atoms with Crippen molar-refractivity contribution >= 4 is 23.5 Å². The molecule has 26 heavy (non-hydrogen) atoms. The van der Waals surface area contributed by atoms with Crippen molar-refractivity contribution < 1.29 is 9.53 Å². The first-order valence-corrected chi connectivity index (χ1v) is 9.70. The number of carbonyl (C=O) groups is 1. The van der Waals surface area contributed by atoms with Crippen molar-refractivity contribution in [3.05, 3.63) is 30.6 Å². The second-order valence-corrected chi connectivity index (χ2v) is 6.63. The summed E-state index contributed by atoms with van der Waals surface area (Å²) in [5.41, 5.74) is 0.856. The average molecular weight is 375 g/mol. The van der Waals surface area contributed by atoms with Gasteiger partial charge in [-0.2, -0.15) is 0 Å². The Kier molecular flexibility index (Phi) is 8.30. The van der Waals surface area contributed by atoms with Crippen LogP contribution in [0.1, 0.15) is 19.8 Å². The Morgan fingerprint density at radius 3 is 2.92 bits per heavy atom. The Morgan fingerprint density at radius 2 is 2.23 bits per heavy atom. The number of rotatable bonds is 10. The summed E-state index contributed by atoms with van der Waals surface area (Å²) in [6.07, 6.45) is 6.60. The summed E-state index contributed by atoms with van der Waals surface area (Å²) in [5.74, 6) is 1.32. The predicted octanol–water partition coefficient (Wildman–Crippen LogP) is 2.60. The van der Waals surface area contributed by atoms with Gasteiger partial charge < -0.3 is 15.4 Å². The molecule has 1 unspecified atom stereocenters. The van der Waals surface area contributed by atoms with Crippen molar-refractivity contribution in [2.75, 3.05) is 31.8 Å². The fraction of sp³-hybridized carbons (Fsp3) is 0.444. The van der Waals surface area contributed by atoms with Crippen LogP contribution < -0.4 is 10.6 Å². The van der Waals surface area contributed by atoms with Crippen LogP contribution in [0.15, 0.2) is 35.6 Å². The third-order valence-electron chi connectivity index (χ3n) is 3.56. The lowest BCUT2D eigenvalue weighted by Crippen LogP contribution is -2.30. The number of hydrogen-bond donors (Lipinski definition) is 2. The number of aromatic nitrogens is 3. The molecule has 0 saturated carbocycles. The van der Waals surface area contributed by atoms with Gasteiger partial charge in [0.2, 0.25) is 5.91 Å². The molecule has 1 atom stereocenters. The first-order chi connectivity index (χ1) is 12.6. The molecule has 0 fully saturated rings. The van der Waals surface area contributed by atoms with Crippen molar-refractivity contribution in [2.45, 2.75) is 30.8 Å². The van der Waals surface area contributed by atoms with E-state index in [1.807, 2.05) is 31.4 Å². The number of amides is 1. The van der Waals surface area contributed by atoms with Gasteiger partial charge in [-0.05, 0) is 31.7 Å². The van der Waals surface area contributed by atoms with E-state index in [2.05, 4.69) is 25.6 Å². The van der Waals surface area contributed by atoms with Gasteiger partial charge in [0.05, 0.1) is 0 Å². The normalized spacial score (nSPS) is 11.8. The molecule has 8 heteroatoms. The Labute approximate surface area is 158 Å². The molecule has 7 nitrogen and oxygen atoms in total. The first kappa shape index (κ1) is 20.1. The van der Waals surface area contributed by atoms with E-state index >= 15 is 0 Å². The highest BCUT2D eigenvalue weighted by atomic mass is 32.2. The smallest absolute Gasteiger partial charge is 0.222 e. The number of anilines is 1. The van der Waals surface area contributed by atoms with Crippen LogP contribution >= 0.6 is 11.8 Å². The summed E-state index contributed by atoms with van der Waals surface area (Å²) in [7, 11) is 1.65. The van der Waals surface area contributed by atoms with Gasteiger partial charge in [0.15, 0.2) is 5.82 Å². The van der Waals surface area contributed by atoms with Crippen LogP contribution in [0, 0.1) is 0 Å². The lowest BCUT2D eigenvalue weighted by molar-refractivity contribution is -0.121. The SMILES string of the molecule is COCCCNC(=O)CC(C)Nc1cc(SC)nc(-c2cccnc2)n1. The van der Waals surface area contributed by atoms with E-state index in [4.69, 9.17) is 4.74 Å². The quantitative estimate of drug-likeness (QED) is 0.375. The summed E-state index contributed by atoms with van der Waals surface area (Å²) in [4.78, 5) is 25.2. The molecule has 1 amide bonds. The van der Waals surface area contributed by atoms with Crippen LogP contribution in [-0.2, 0) is 9.53 Å². The Hall–Kier alpha value is -2.19. The molecule has 2 N–H and O–H groups in total. The third-order valence-corrected chi connectivity index (χ3v) is 4.19. The van der Waals surface area contributed by atoms with Gasteiger partial charge in [0.1, 0.15) is 10.8 Å². The number of pyridine rings is 1. The molecule has 0 aliphatic carbocycles. The number of nitrogens with one attached hydrogen (secondary N) is 2. The largest absolute Gasteiger partial charge is 0.385 e. The van der Waals surface area contributed by atoms with Crippen molar-refractivity contribution in [1.82, 2.24) is 20.3 Å². The van der Waals surface area contributed by atoms with Gasteiger partial charge in [-0.25, -0.2) is 9.97 Å². The van der Waals surface area contributed by atoms with Gasteiger partial charge in [-0.15, -0.1) is 11.8 Å². The van der Waals surface area contributed by atoms with E-state index in [1.165, 1.54) is 0 Å². The van der Waals surface area contributed by atoms with Crippen LogP contribution in [0.25, 0.3) is 11.4 Å². The highest BCUT2D eigenvalue weighted by molar-refractivity contribution is 7.98. The molecule has 0 aliphatic rings. The number of methoxy groups -OCH3 is 1. The summed E-state index contributed by atoms with van der Waals surface area (Å²) >= 11 is 1.55. The number of carbonyl (C=O) groups excluding carboxylic acids is 1. The maximum atomic E-state index is 12.0. The number of nitrogens with zero attached hydrogens (tertiary/aromatic N) is 3. The van der Waals surface area contributed by atoms with Crippen molar-refractivity contribution in [3.8, 4) is 11.4 Å². The summed E-state index contributed by atoms with van der Waals surface area (Å²) in [6.45, 7) is 3.22. The van der Waals surface area contributed by atoms with Crippen LogP contribution in [0.4, 0.5) is 5.82 Å². The van der Waals surface area contributed by atoms with E-state index in [-0.39, 0.29) is 11.9 Å². The Balaban J connectivity index is 1.98. The molecule has 2 aromatic rings. The zero-order valence-corrected chi connectivity index (χ0v) is 16.2. The van der Waals surface area contributed by atoms with Gasteiger partial charge in [0, 0.05) is 56.7 Å². The van der Waals surface area contributed by atoms with Crippen molar-refractivity contribution in [3.63, 3.8) is 0 Å². The molecule has 140 valence electrons. The molecule has 0 aliphatic heterocycles. The van der Waals surface area contributed by atoms with E-state index in [9.17, 15) is 4.79 Å². The lowest BCUT2D eigenvalue weighted by atomic mass is 10.2. The predicted molar refractivity (Wildman–Crippen MR) is 104 cm³/mol. The summed E-state index contributed by atoms with van der Waals surface area (Å²) in [5, 5.41) is 7.04. The topological polar surface area (TPSA) is 89.0 Å². The molecular weight excluding hydrogens is 350 g/mol. The van der Waals surface area contributed by atoms with Gasteiger partial charge in [-0.3, -0.25) is 9.78 Å². The molecule has 0 aromatic carbocycles. The van der Waals surface area contributed by atoms with Crippen LogP contribution in [0.2, 0.25) is 0 Å². The van der Waals surface area contributed by atoms with Crippen LogP contribution in [0.3, 0.4) is 0 Å². The Bertz CT molecular complexity index is 699. The zero-order chi connectivity index (χ0) is 18.8. The van der Waals surface area contributed by atoms with E-state index in [0.717, 1.165) is 17.0 Å². The molecule has 0 radical (unpaired) electrons. The van der Waals surface area contributed by atoms with Gasteiger partial charge in [0.25, 0.3) is 0 Å². The van der Waals surface area contributed by atoms with Gasteiger partial charge >= 0.3 is 0 Å². The fourth-order valence-corrected chi connectivity index (χ4v) is 2.73. The van der Waals surface area contributed by atoms with Crippen LogP contribution in [-0.4, -0.2) is 53.4 Å². The highest BCUT2D eigenvalue weighted by Crippen LogP contribution is 2.22. The second-order valence-electron chi connectivity index (χ2n) is 5.81. The lowest BCUT2D eigenvalue weighted by Gasteiger charge is -2.15. The molecule has 0 spiro atoms. The maximum Gasteiger partial charge on any atom is 0.222 e. The van der Waals surface area contributed by atoms with Crippen molar-refractivity contribution in [1.29, 1.82) is 0 Å². The third kappa shape index (κ3) is 6.61. The average Bonchev–Trinajstić information content (AvgIpc) is 2.65. The number of hydrogen-bond acceptors (Lipinski definition) is 7. The van der Waals surface area contributed by atoms with E-state index < -0.39 is 0 Å². The minimum absolute atomic E-state index is 0.00716. The number of ether oxygens (including phenoxy) is 1. The standard InChI is InChI=1S/C18H25N5O2S/c1-13(10-16(24)20-8-5-9-25-2)21-15-11-17(26-3)23-18(22-15)14-6-4-7-19-12-14/h4,6-7,11-13H,5,8-10H2,1-3H3,(H,20,24)(H,21,22,23). The minimum atomic E-state index is -0.0521. The molecular formula is C18H25N5O2S.